The zero-order valence-electron chi connectivity index (χ0n) is 13.7. The van der Waals surface area contributed by atoms with Crippen LogP contribution in [0.2, 0.25) is 5.02 Å². The van der Waals surface area contributed by atoms with E-state index in [9.17, 15) is 5.11 Å². The highest BCUT2D eigenvalue weighted by atomic mass is 35.5. The van der Waals surface area contributed by atoms with Crippen LogP contribution in [-0.4, -0.2) is 46.5 Å². The fourth-order valence-corrected chi connectivity index (χ4v) is 2.62. The smallest absolute Gasteiger partial charge is 0.103 e. The molecule has 2 atom stereocenters. The van der Waals surface area contributed by atoms with E-state index in [-0.39, 0.29) is 6.04 Å². The first-order valence-electron chi connectivity index (χ1n) is 7.61. The Hall–Kier alpha value is -1.47. The van der Waals surface area contributed by atoms with E-state index in [0.717, 1.165) is 17.1 Å². The zero-order valence-corrected chi connectivity index (χ0v) is 14.4. The topological polar surface area (TPSA) is 72.2 Å². The standard InChI is InChI=1S/C16H23ClN4O2/c1-11(18-8-7-15(22)10-23-3)16-12(2)21(20-19-16)14-6-4-5-13(17)9-14/h4-6,9,11,15,18,22H,7-8,10H2,1-3H3. The number of aromatic nitrogens is 3. The van der Waals surface area contributed by atoms with E-state index in [1.807, 2.05) is 38.1 Å². The van der Waals surface area contributed by atoms with Crippen LogP contribution < -0.4 is 5.32 Å². The number of methoxy groups -OCH3 is 1. The largest absolute Gasteiger partial charge is 0.391 e. The summed E-state index contributed by atoms with van der Waals surface area (Å²) in [5, 5.41) is 22.2. The lowest BCUT2D eigenvalue weighted by Crippen LogP contribution is -2.26. The van der Waals surface area contributed by atoms with E-state index in [2.05, 4.69) is 15.6 Å². The Morgan fingerprint density at radius 1 is 1.43 bits per heavy atom. The Labute approximate surface area is 141 Å². The molecular weight excluding hydrogens is 316 g/mol. The zero-order chi connectivity index (χ0) is 16.8. The van der Waals surface area contributed by atoms with Gasteiger partial charge in [0.15, 0.2) is 0 Å². The van der Waals surface area contributed by atoms with Crippen LogP contribution >= 0.6 is 11.6 Å². The Balaban J connectivity index is 2.01. The van der Waals surface area contributed by atoms with Gasteiger partial charge >= 0.3 is 0 Å². The van der Waals surface area contributed by atoms with E-state index in [4.69, 9.17) is 16.3 Å². The summed E-state index contributed by atoms with van der Waals surface area (Å²) in [5.41, 5.74) is 2.73. The Morgan fingerprint density at radius 2 is 2.22 bits per heavy atom. The Bertz CT molecular complexity index is 632. The van der Waals surface area contributed by atoms with Gasteiger partial charge < -0.3 is 15.2 Å². The molecule has 1 aromatic carbocycles. The maximum absolute atomic E-state index is 9.66. The fraction of sp³-hybridized carbons (Fsp3) is 0.500. The number of aliphatic hydroxyl groups excluding tert-OH is 1. The van der Waals surface area contributed by atoms with E-state index >= 15 is 0 Å². The van der Waals surface area contributed by atoms with Gasteiger partial charge in [0.1, 0.15) is 5.69 Å². The third-order valence-corrected chi connectivity index (χ3v) is 3.92. The van der Waals surface area contributed by atoms with Crippen LogP contribution in [0.3, 0.4) is 0 Å². The number of nitrogens with one attached hydrogen (secondary N) is 1. The Kier molecular flexibility index (Phi) is 6.53. The van der Waals surface area contributed by atoms with E-state index in [1.165, 1.54) is 0 Å². The first-order chi connectivity index (χ1) is 11.0. The first kappa shape index (κ1) is 17.9. The maximum Gasteiger partial charge on any atom is 0.103 e. The average molecular weight is 339 g/mol. The number of hydrogen-bond acceptors (Lipinski definition) is 5. The summed E-state index contributed by atoms with van der Waals surface area (Å²) in [4.78, 5) is 0. The van der Waals surface area contributed by atoms with Crippen molar-refractivity contribution in [3.63, 3.8) is 0 Å². The number of halogens is 1. The second kappa shape index (κ2) is 8.40. The number of nitrogens with zero attached hydrogens (tertiary/aromatic N) is 3. The SMILES string of the molecule is COCC(O)CCNC(C)c1nnn(-c2cccc(Cl)c2)c1C. The minimum Gasteiger partial charge on any atom is -0.391 e. The van der Waals surface area contributed by atoms with Gasteiger partial charge in [-0.25, -0.2) is 4.68 Å². The number of rotatable bonds is 8. The van der Waals surface area contributed by atoms with Crippen molar-refractivity contribution < 1.29 is 9.84 Å². The molecule has 0 aliphatic carbocycles. The Morgan fingerprint density at radius 3 is 2.91 bits per heavy atom. The third-order valence-electron chi connectivity index (χ3n) is 3.68. The molecule has 0 spiro atoms. The summed E-state index contributed by atoms with van der Waals surface area (Å²) in [5.74, 6) is 0. The van der Waals surface area contributed by atoms with Crippen molar-refractivity contribution in [2.75, 3.05) is 20.3 Å². The summed E-state index contributed by atoms with van der Waals surface area (Å²) >= 11 is 6.03. The second-order valence-electron chi connectivity index (χ2n) is 5.53. The number of hydrogen-bond donors (Lipinski definition) is 2. The van der Waals surface area contributed by atoms with Gasteiger partial charge in [-0.1, -0.05) is 22.9 Å². The summed E-state index contributed by atoms with van der Waals surface area (Å²) in [6, 6.07) is 7.55. The van der Waals surface area contributed by atoms with Crippen LogP contribution in [-0.2, 0) is 4.74 Å². The molecule has 1 aromatic heterocycles. The molecule has 0 aliphatic rings. The van der Waals surface area contributed by atoms with Crippen LogP contribution in [0.4, 0.5) is 0 Å². The van der Waals surface area contributed by atoms with Gasteiger partial charge in [-0.3, -0.25) is 0 Å². The molecule has 2 rings (SSSR count). The molecule has 7 heteroatoms. The van der Waals surface area contributed by atoms with Crippen molar-refractivity contribution in [1.82, 2.24) is 20.3 Å². The van der Waals surface area contributed by atoms with Crippen molar-refractivity contribution in [2.45, 2.75) is 32.4 Å². The number of aliphatic hydroxyl groups is 1. The monoisotopic (exact) mass is 338 g/mol. The predicted molar refractivity (Wildman–Crippen MR) is 90.0 cm³/mol. The third kappa shape index (κ3) is 4.75. The second-order valence-corrected chi connectivity index (χ2v) is 5.96. The molecule has 0 saturated heterocycles. The van der Waals surface area contributed by atoms with Crippen molar-refractivity contribution in [2.24, 2.45) is 0 Å². The lowest BCUT2D eigenvalue weighted by molar-refractivity contribution is 0.0590. The molecule has 0 aliphatic heterocycles. The van der Waals surface area contributed by atoms with Crippen molar-refractivity contribution in [1.29, 1.82) is 0 Å². The van der Waals surface area contributed by atoms with Crippen LogP contribution in [0.25, 0.3) is 5.69 Å². The van der Waals surface area contributed by atoms with E-state index in [1.54, 1.807) is 11.8 Å². The lowest BCUT2D eigenvalue weighted by atomic mass is 10.2. The van der Waals surface area contributed by atoms with E-state index in [0.29, 0.717) is 24.6 Å². The summed E-state index contributed by atoms with van der Waals surface area (Å²) in [7, 11) is 1.58. The molecule has 2 N–H and O–H groups in total. The summed E-state index contributed by atoms with van der Waals surface area (Å²) in [6.45, 7) is 5.03. The molecule has 0 amide bonds. The quantitative estimate of drug-likeness (QED) is 0.772. The van der Waals surface area contributed by atoms with Gasteiger partial charge in [-0.05, 0) is 45.0 Å². The van der Waals surface area contributed by atoms with Crippen LogP contribution in [0.5, 0.6) is 0 Å². The average Bonchev–Trinajstić information content (AvgIpc) is 2.89. The maximum atomic E-state index is 9.66. The van der Waals surface area contributed by atoms with Gasteiger partial charge in [0.2, 0.25) is 0 Å². The fourth-order valence-electron chi connectivity index (χ4n) is 2.43. The predicted octanol–water partition coefficient (Wildman–Crippen LogP) is 2.28. The van der Waals surface area contributed by atoms with Crippen LogP contribution in [0, 0.1) is 6.92 Å². The molecule has 2 aromatic rings. The molecule has 0 radical (unpaired) electrons. The van der Waals surface area contributed by atoms with Crippen molar-refractivity contribution in [3.05, 3.63) is 40.7 Å². The normalized spacial score (nSPS) is 14.0. The van der Waals surface area contributed by atoms with Crippen molar-refractivity contribution >= 4 is 11.6 Å². The van der Waals surface area contributed by atoms with E-state index < -0.39 is 6.10 Å². The van der Waals surface area contributed by atoms with Gasteiger partial charge in [0, 0.05) is 12.1 Å². The molecule has 6 nitrogen and oxygen atoms in total. The molecule has 23 heavy (non-hydrogen) atoms. The molecule has 0 fully saturated rings. The molecule has 0 bridgehead atoms. The van der Waals surface area contributed by atoms with Gasteiger partial charge in [0.25, 0.3) is 0 Å². The van der Waals surface area contributed by atoms with Crippen LogP contribution in [0.1, 0.15) is 30.8 Å². The van der Waals surface area contributed by atoms with Gasteiger partial charge in [-0.2, -0.15) is 0 Å². The molecule has 1 heterocycles. The molecule has 126 valence electrons. The van der Waals surface area contributed by atoms with Gasteiger partial charge in [-0.15, -0.1) is 5.10 Å². The summed E-state index contributed by atoms with van der Waals surface area (Å²) < 4.78 is 6.69. The molecule has 0 saturated carbocycles. The number of benzene rings is 1. The number of ether oxygens (including phenoxy) is 1. The van der Waals surface area contributed by atoms with Crippen molar-refractivity contribution in [3.8, 4) is 5.69 Å². The minimum atomic E-state index is -0.456. The molecule has 2 unspecified atom stereocenters. The highest BCUT2D eigenvalue weighted by Gasteiger charge is 2.16. The first-order valence-corrected chi connectivity index (χ1v) is 7.99. The lowest BCUT2D eigenvalue weighted by Gasteiger charge is -2.14. The van der Waals surface area contributed by atoms with Crippen LogP contribution in [0.15, 0.2) is 24.3 Å². The highest BCUT2D eigenvalue weighted by molar-refractivity contribution is 6.30. The molecular formula is C16H23ClN4O2. The minimum absolute atomic E-state index is 0.0395. The summed E-state index contributed by atoms with van der Waals surface area (Å²) in [6.07, 6.45) is 0.169. The highest BCUT2D eigenvalue weighted by Crippen LogP contribution is 2.20. The van der Waals surface area contributed by atoms with Gasteiger partial charge in [0.05, 0.1) is 30.1 Å².